The van der Waals surface area contributed by atoms with Crippen LogP contribution in [0.15, 0.2) is 24.3 Å². The highest BCUT2D eigenvalue weighted by Crippen LogP contribution is 2.31. The van der Waals surface area contributed by atoms with Crippen LogP contribution in [0.2, 0.25) is 0 Å². The summed E-state index contributed by atoms with van der Waals surface area (Å²) in [5.74, 6) is -2.38. The molecule has 2 atom stereocenters. The number of carbonyl (C=O) groups excluding carboxylic acids is 3. The minimum atomic E-state index is -0.999. The van der Waals surface area contributed by atoms with Crippen LogP contribution in [0, 0.1) is 11.2 Å². The van der Waals surface area contributed by atoms with Crippen LogP contribution in [0.25, 0.3) is 0 Å². The van der Waals surface area contributed by atoms with Crippen molar-refractivity contribution in [2.45, 2.75) is 45.2 Å². The molecule has 0 bridgehead atoms. The van der Waals surface area contributed by atoms with Crippen molar-refractivity contribution in [1.29, 1.82) is 0 Å². The standard InChI is InChI=1S/C19H22FN3O5/c1-19(2,10-15(25)26)9-14(24)22-8-7-13-16(22)17(27)23(18(28)21-13)12-5-3-11(20)4-6-12/h3-6,13,16H,7-10H2,1-2H3,(H,21,28)(H,25,26)/t13-,16+/m1/s1. The van der Waals surface area contributed by atoms with Crippen molar-refractivity contribution >= 4 is 29.5 Å². The molecule has 2 fully saturated rings. The summed E-state index contributed by atoms with van der Waals surface area (Å²) in [7, 11) is 0. The Balaban J connectivity index is 1.81. The molecule has 2 aliphatic rings. The van der Waals surface area contributed by atoms with Gasteiger partial charge in [0, 0.05) is 13.0 Å². The van der Waals surface area contributed by atoms with Crippen molar-refractivity contribution in [3.05, 3.63) is 30.1 Å². The highest BCUT2D eigenvalue weighted by atomic mass is 19.1. The number of benzene rings is 1. The highest BCUT2D eigenvalue weighted by molar-refractivity contribution is 6.19. The van der Waals surface area contributed by atoms with Crippen LogP contribution in [0.4, 0.5) is 14.9 Å². The first-order valence-corrected chi connectivity index (χ1v) is 9.00. The lowest BCUT2D eigenvalue weighted by atomic mass is 9.85. The molecule has 28 heavy (non-hydrogen) atoms. The number of aliphatic carboxylic acids is 1. The molecule has 2 saturated heterocycles. The Kier molecular flexibility index (Phi) is 5.10. The van der Waals surface area contributed by atoms with Gasteiger partial charge < -0.3 is 15.3 Å². The smallest absolute Gasteiger partial charge is 0.329 e. The number of carbonyl (C=O) groups is 4. The normalized spacial score (nSPS) is 22.1. The number of fused-ring (bicyclic) bond motifs is 1. The van der Waals surface area contributed by atoms with Gasteiger partial charge in [-0.3, -0.25) is 14.4 Å². The lowest BCUT2D eigenvalue weighted by Crippen LogP contribution is -2.65. The molecule has 0 radical (unpaired) electrons. The number of hydrogen-bond donors (Lipinski definition) is 2. The van der Waals surface area contributed by atoms with Crippen molar-refractivity contribution in [2.24, 2.45) is 5.41 Å². The first-order chi connectivity index (χ1) is 13.1. The first-order valence-electron chi connectivity index (χ1n) is 9.00. The Bertz CT molecular complexity index is 823. The fourth-order valence-corrected chi connectivity index (χ4v) is 3.80. The third kappa shape index (κ3) is 3.83. The van der Waals surface area contributed by atoms with Gasteiger partial charge in [-0.15, -0.1) is 0 Å². The van der Waals surface area contributed by atoms with Crippen molar-refractivity contribution in [3.8, 4) is 0 Å². The van der Waals surface area contributed by atoms with Gasteiger partial charge in [-0.1, -0.05) is 13.8 Å². The molecule has 9 heteroatoms. The van der Waals surface area contributed by atoms with Crippen LogP contribution in [0.3, 0.4) is 0 Å². The van der Waals surface area contributed by atoms with Crippen LogP contribution in [-0.2, 0) is 14.4 Å². The monoisotopic (exact) mass is 391 g/mol. The van der Waals surface area contributed by atoms with Crippen molar-refractivity contribution in [1.82, 2.24) is 10.2 Å². The van der Waals surface area contributed by atoms with Crippen LogP contribution >= 0.6 is 0 Å². The Labute approximate surface area is 161 Å². The lowest BCUT2D eigenvalue weighted by molar-refractivity contribution is -0.143. The SMILES string of the molecule is CC(C)(CC(=O)O)CC(=O)N1CC[C@H]2NC(=O)N(c3ccc(F)cc3)C(=O)[C@H]21. The predicted octanol–water partition coefficient (Wildman–Crippen LogP) is 1.74. The summed E-state index contributed by atoms with van der Waals surface area (Å²) in [6, 6.07) is 2.97. The zero-order chi connectivity index (χ0) is 20.6. The second kappa shape index (κ2) is 7.21. The zero-order valence-corrected chi connectivity index (χ0v) is 15.6. The third-order valence-electron chi connectivity index (χ3n) is 5.05. The maximum absolute atomic E-state index is 13.2. The van der Waals surface area contributed by atoms with Crippen LogP contribution < -0.4 is 10.2 Å². The summed E-state index contributed by atoms with van der Waals surface area (Å²) in [6.45, 7) is 3.66. The van der Waals surface area contributed by atoms with E-state index in [4.69, 9.17) is 5.11 Å². The van der Waals surface area contributed by atoms with Gasteiger partial charge in [-0.2, -0.15) is 0 Å². The van der Waals surface area contributed by atoms with E-state index in [1.54, 1.807) is 13.8 Å². The van der Waals surface area contributed by atoms with Gasteiger partial charge in [0.05, 0.1) is 18.2 Å². The van der Waals surface area contributed by atoms with E-state index in [0.29, 0.717) is 13.0 Å². The molecule has 4 amide bonds. The molecular weight excluding hydrogens is 369 g/mol. The fourth-order valence-electron chi connectivity index (χ4n) is 3.80. The summed E-state index contributed by atoms with van der Waals surface area (Å²) in [5.41, 5.74) is -0.550. The predicted molar refractivity (Wildman–Crippen MR) is 97.0 cm³/mol. The molecule has 8 nitrogen and oxygen atoms in total. The average Bonchev–Trinajstić information content (AvgIpc) is 2.99. The number of rotatable bonds is 5. The van der Waals surface area contributed by atoms with E-state index in [1.807, 2.05) is 0 Å². The highest BCUT2D eigenvalue weighted by Gasteiger charge is 2.50. The number of carboxylic acids is 1. The second-order valence-electron chi connectivity index (χ2n) is 7.94. The minimum absolute atomic E-state index is 0.0275. The van der Waals surface area contributed by atoms with Crippen LogP contribution in [-0.4, -0.2) is 52.4 Å². The molecule has 0 aromatic heterocycles. The molecule has 1 aromatic rings. The number of anilines is 1. The van der Waals surface area contributed by atoms with Gasteiger partial charge in [0.2, 0.25) is 5.91 Å². The zero-order valence-electron chi connectivity index (χ0n) is 15.6. The summed E-state index contributed by atoms with van der Waals surface area (Å²) >= 11 is 0. The van der Waals surface area contributed by atoms with E-state index in [0.717, 1.165) is 17.0 Å². The minimum Gasteiger partial charge on any atom is -0.481 e. The quantitative estimate of drug-likeness (QED) is 0.795. The Hall–Kier alpha value is -2.97. The molecule has 2 heterocycles. The van der Waals surface area contributed by atoms with Gasteiger partial charge in [-0.05, 0) is 36.1 Å². The average molecular weight is 391 g/mol. The number of likely N-dealkylation sites (tertiary alicyclic amines) is 1. The van der Waals surface area contributed by atoms with Crippen molar-refractivity contribution in [3.63, 3.8) is 0 Å². The number of urea groups is 1. The first kappa shape index (κ1) is 19.8. The van der Waals surface area contributed by atoms with E-state index < -0.39 is 41.2 Å². The fraction of sp³-hybridized carbons (Fsp3) is 0.474. The molecule has 0 unspecified atom stereocenters. The van der Waals surface area contributed by atoms with Gasteiger partial charge in [0.1, 0.15) is 11.9 Å². The second-order valence-corrected chi connectivity index (χ2v) is 7.94. The number of halogens is 1. The van der Waals surface area contributed by atoms with Crippen molar-refractivity contribution in [2.75, 3.05) is 11.4 Å². The lowest BCUT2D eigenvalue weighted by Gasteiger charge is -2.37. The van der Waals surface area contributed by atoms with E-state index in [-0.39, 0.29) is 24.4 Å². The molecule has 0 spiro atoms. The number of nitrogens with zero attached hydrogens (tertiary/aromatic N) is 2. The Morgan fingerprint density at radius 2 is 1.86 bits per heavy atom. The largest absolute Gasteiger partial charge is 0.481 e. The van der Waals surface area contributed by atoms with Gasteiger partial charge >= 0.3 is 12.0 Å². The number of amides is 4. The molecule has 150 valence electrons. The van der Waals surface area contributed by atoms with E-state index >= 15 is 0 Å². The van der Waals surface area contributed by atoms with Gasteiger partial charge in [0.15, 0.2) is 0 Å². The third-order valence-corrected chi connectivity index (χ3v) is 5.05. The van der Waals surface area contributed by atoms with E-state index in [2.05, 4.69) is 5.32 Å². The Morgan fingerprint density at radius 3 is 2.46 bits per heavy atom. The number of hydrogen-bond acceptors (Lipinski definition) is 4. The van der Waals surface area contributed by atoms with Gasteiger partial charge in [0.25, 0.3) is 5.91 Å². The molecule has 0 aliphatic carbocycles. The van der Waals surface area contributed by atoms with E-state index in [1.165, 1.54) is 17.0 Å². The molecular formula is C19H22FN3O5. The van der Waals surface area contributed by atoms with E-state index in [9.17, 15) is 23.6 Å². The maximum Gasteiger partial charge on any atom is 0.329 e. The van der Waals surface area contributed by atoms with Crippen LogP contribution in [0.1, 0.15) is 33.1 Å². The van der Waals surface area contributed by atoms with Crippen molar-refractivity contribution < 1.29 is 28.7 Å². The molecule has 3 rings (SSSR count). The molecule has 2 aliphatic heterocycles. The summed E-state index contributed by atoms with van der Waals surface area (Å²) in [4.78, 5) is 51.6. The molecule has 1 aromatic carbocycles. The molecule has 0 saturated carbocycles. The number of imide groups is 1. The number of carboxylic acid groups (broad SMARTS) is 1. The summed E-state index contributed by atoms with van der Waals surface area (Å²) in [5, 5.41) is 11.7. The summed E-state index contributed by atoms with van der Waals surface area (Å²) < 4.78 is 13.2. The Morgan fingerprint density at radius 1 is 1.21 bits per heavy atom. The molecule has 2 N–H and O–H groups in total. The topological polar surface area (TPSA) is 107 Å². The summed E-state index contributed by atoms with van der Waals surface area (Å²) in [6.07, 6.45) is 0.234. The maximum atomic E-state index is 13.2. The van der Waals surface area contributed by atoms with Gasteiger partial charge in [-0.25, -0.2) is 14.1 Å². The number of nitrogens with one attached hydrogen (secondary N) is 1. The van der Waals surface area contributed by atoms with Crippen LogP contribution in [0.5, 0.6) is 0 Å².